The highest BCUT2D eigenvalue weighted by Gasteiger charge is 2.36. The van der Waals surface area contributed by atoms with E-state index in [2.05, 4.69) is 0 Å². The zero-order valence-electron chi connectivity index (χ0n) is 14.0. The Bertz CT molecular complexity index is 725. The van der Waals surface area contributed by atoms with Crippen molar-refractivity contribution in [1.29, 1.82) is 0 Å². The van der Waals surface area contributed by atoms with Crippen LogP contribution < -0.4 is 5.73 Å². The highest BCUT2D eigenvalue weighted by Crippen LogP contribution is 2.28. The number of nitrogens with two attached hydrogens (primary N) is 1. The third-order valence-corrected chi connectivity index (χ3v) is 8.27. The molecule has 0 aliphatic carbocycles. The van der Waals surface area contributed by atoms with Crippen LogP contribution in [0.25, 0.3) is 0 Å². The molecule has 3 heterocycles. The van der Waals surface area contributed by atoms with Crippen molar-refractivity contribution in [3.63, 3.8) is 0 Å². The molecule has 0 bridgehead atoms. The van der Waals surface area contributed by atoms with Crippen molar-refractivity contribution >= 4 is 33.2 Å². The molecule has 3 rings (SSSR count). The number of carbonyl (C=O) groups is 2. The van der Waals surface area contributed by atoms with Crippen LogP contribution in [0.4, 0.5) is 0 Å². The van der Waals surface area contributed by atoms with Gasteiger partial charge in [-0.25, -0.2) is 8.42 Å². The Hall–Kier alpha value is -1.45. The zero-order chi connectivity index (χ0) is 18.0. The van der Waals surface area contributed by atoms with Crippen LogP contribution in [-0.2, 0) is 19.6 Å². The number of amides is 2. The predicted octanol–water partition coefficient (Wildman–Crippen LogP) is 0.873. The number of carbonyl (C=O) groups excluding carboxylic acids is 2. The Labute approximate surface area is 151 Å². The SMILES string of the molecule is NC(=O)C1CCN(C(=O)[C@@H]2CCCN(S(=O)(=O)c3cccs3)C2)CC1. The molecule has 25 heavy (non-hydrogen) atoms. The molecule has 2 saturated heterocycles. The molecule has 2 amide bonds. The molecule has 7 nitrogen and oxygen atoms in total. The number of nitrogens with zero attached hydrogens (tertiary/aromatic N) is 2. The number of rotatable bonds is 4. The van der Waals surface area contributed by atoms with Gasteiger partial charge in [-0.2, -0.15) is 4.31 Å². The summed E-state index contributed by atoms with van der Waals surface area (Å²) in [6, 6.07) is 3.31. The summed E-state index contributed by atoms with van der Waals surface area (Å²) < 4.78 is 27.1. The third-order valence-electron chi connectivity index (χ3n) is 5.03. The number of hydrogen-bond acceptors (Lipinski definition) is 5. The second kappa shape index (κ2) is 7.43. The van der Waals surface area contributed by atoms with Gasteiger partial charge in [-0.1, -0.05) is 6.07 Å². The molecule has 1 aromatic heterocycles. The van der Waals surface area contributed by atoms with Crippen LogP contribution in [0.1, 0.15) is 25.7 Å². The number of piperidine rings is 2. The summed E-state index contributed by atoms with van der Waals surface area (Å²) in [5, 5.41) is 1.74. The molecule has 0 spiro atoms. The fourth-order valence-corrected chi connectivity index (χ4v) is 6.21. The fraction of sp³-hybridized carbons (Fsp3) is 0.625. The van der Waals surface area contributed by atoms with Gasteiger partial charge < -0.3 is 10.6 Å². The van der Waals surface area contributed by atoms with E-state index in [0.29, 0.717) is 49.5 Å². The summed E-state index contributed by atoms with van der Waals surface area (Å²) in [5.74, 6) is -0.785. The van der Waals surface area contributed by atoms with Crippen molar-refractivity contribution in [1.82, 2.24) is 9.21 Å². The standard InChI is InChI=1S/C16H23N3O4S2/c17-15(20)12-5-8-18(9-6-12)16(21)13-3-1-7-19(11-13)25(22,23)14-4-2-10-24-14/h2,4,10,12-13H,1,3,5-9,11H2,(H2,17,20)/t13-/m1/s1. The summed E-state index contributed by atoms with van der Waals surface area (Å²) in [4.78, 5) is 25.8. The molecule has 2 fully saturated rings. The zero-order valence-corrected chi connectivity index (χ0v) is 15.6. The minimum atomic E-state index is -3.52. The first-order chi connectivity index (χ1) is 11.9. The van der Waals surface area contributed by atoms with Gasteiger partial charge in [-0.3, -0.25) is 9.59 Å². The van der Waals surface area contributed by atoms with Gasteiger partial charge >= 0.3 is 0 Å². The first-order valence-electron chi connectivity index (χ1n) is 8.51. The van der Waals surface area contributed by atoms with Crippen molar-refractivity contribution in [2.24, 2.45) is 17.6 Å². The smallest absolute Gasteiger partial charge is 0.252 e. The van der Waals surface area contributed by atoms with Crippen LogP contribution in [0.3, 0.4) is 0 Å². The molecular weight excluding hydrogens is 362 g/mol. The van der Waals surface area contributed by atoms with Crippen molar-refractivity contribution < 1.29 is 18.0 Å². The number of thiophene rings is 1. The number of hydrogen-bond donors (Lipinski definition) is 1. The molecule has 1 aromatic rings. The van der Waals surface area contributed by atoms with Gasteiger partial charge in [0, 0.05) is 32.1 Å². The molecule has 0 aromatic carbocycles. The second-order valence-corrected chi connectivity index (χ2v) is 9.75. The average Bonchev–Trinajstić information content (AvgIpc) is 3.17. The average molecular weight is 386 g/mol. The lowest BCUT2D eigenvalue weighted by Gasteiger charge is -2.36. The Morgan fingerprint density at radius 1 is 1.12 bits per heavy atom. The summed E-state index contributed by atoms with van der Waals surface area (Å²) in [5.41, 5.74) is 5.33. The summed E-state index contributed by atoms with van der Waals surface area (Å²) >= 11 is 1.20. The maximum atomic E-state index is 12.8. The molecule has 9 heteroatoms. The van der Waals surface area contributed by atoms with Gasteiger partial charge in [-0.15, -0.1) is 11.3 Å². The minimum Gasteiger partial charge on any atom is -0.369 e. The lowest BCUT2D eigenvalue weighted by Crippen LogP contribution is -2.49. The van der Waals surface area contributed by atoms with Crippen LogP contribution in [0.2, 0.25) is 0 Å². The highest BCUT2D eigenvalue weighted by molar-refractivity contribution is 7.91. The van der Waals surface area contributed by atoms with Crippen LogP contribution in [0, 0.1) is 11.8 Å². The quantitative estimate of drug-likeness (QED) is 0.831. The molecular formula is C16H23N3O4S2. The van der Waals surface area contributed by atoms with Gasteiger partial charge in [0.25, 0.3) is 10.0 Å². The van der Waals surface area contributed by atoms with Gasteiger partial charge in [0.05, 0.1) is 5.92 Å². The molecule has 0 saturated carbocycles. The van der Waals surface area contributed by atoms with Gasteiger partial charge in [0.2, 0.25) is 11.8 Å². The van der Waals surface area contributed by atoms with E-state index in [-0.39, 0.29) is 30.2 Å². The first-order valence-corrected chi connectivity index (χ1v) is 10.8. The number of sulfonamides is 1. The van der Waals surface area contributed by atoms with E-state index >= 15 is 0 Å². The minimum absolute atomic E-state index is 0.00556. The summed E-state index contributed by atoms with van der Waals surface area (Å²) in [6.07, 6.45) is 2.56. The summed E-state index contributed by atoms with van der Waals surface area (Å²) in [7, 11) is -3.52. The summed E-state index contributed by atoms with van der Waals surface area (Å²) in [6.45, 7) is 1.71. The van der Waals surface area contributed by atoms with Gasteiger partial charge in [-0.05, 0) is 37.1 Å². The lowest BCUT2D eigenvalue weighted by atomic mass is 9.93. The van der Waals surface area contributed by atoms with E-state index in [1.165, 1.54) is 15.6 Å². The van der Waals surface area contributed by atoms with Crippen molar-refractivity contribution in [3.05, 3.63) is 17.5 Å². The molecule has 138 valence electrons. The van der Waals surface area contributed by atoms with E-state index in [1.807, 2.05) is 0 Å². The van der Waals surface area contributed by atoms with Gasteiger partial charge in [0.1, 0.15) is 4.21 Å². The van der Waals surface area contributed by atoms with Crippen molar-refractivity contribution in [2.45, 2.75) is 29.9 Å². The Balaban J connectivity index is 1.64. The van der Waals surface area contributed by atoms with Crippen LogP contribution in [-0.4, -0.2) is 55.6 Å². The molecule has 1 atom stereocenters. The Morgan fingerprint density at radius 3 is 2.44 bits per heavy atom. The van der Waals surface area contributed by atoms with Crippen molar-refractivity contribution in [3.8, 4) is 0 Å². The molecule has 2 N–H and O–H groups in total. The Kier molecular flexibility index (Phi) is 5.45. The van der Waals surface area contributed by atoms with Crippen LogP contribution >= 0.6 is 11.3 Å². The van der Waals surface area contributed by atoms with Crippen molar-refractivity contribution in [2.75, 3.05) is 26.2 Å². The third kappa shape index (κ3) is 3.88. The normalized spacial score (nSPS) is 23.5. The van der Waals surface area contributed by atoms with E-state index in [9.17, 15) is 18.0 Å². The molecule has 0 radical (unpaired) electrons. The van der Waals surface area contributed by atoms with E-state index in [1.54, 1.807) is 22.4 Å². The second-order valence-electron chi connectivity index (χ2n) is 6.64. The fourth-order valence-electron chi connectivity index (χ4n) is 3.54. The molecule has 0 unspecified atom stereocenters. The monoisotopic (exact) mass is 385 g/mol. The maximum absolute atomic E-state index is 12.8. The van der Waals surface area contributed by atoms with Crippen LogP contribution in [0.15, 0.2) is 21.7 Å². The molecule has 2 aliphatic heterocycles. The Morgan fingerprint density at radius 2 is 1.84 bits per heavy atom. The topological polar surface area (TPSA) is 101 Å². The lowest BCUT2D eigenvalue weighted by molar-refractivity contribution is -0.139. The van der Waals surface area contributed by atoms with Crippen LogP contribution in [0.5, 0.6) is 0 Å². The van der Waals surface area contributed by atoms with E-state index in [0.717, 1.165) is 0 Å². The molecule has 2 aliphatic rings. The highest BCUT2D eigenvalue weighted by atomic mass is 32.2. The number of primary amides is 1. The maximum Gasteiger partial charge on any atom is 0.252 e. The van der Waals surface area contributed by atoms with E-state index in [4.69, 9.17) is 5.73 Å². The number of likely N-dealkylation sites (tertiary alicyclic amines) is 1. The predicted molar refractivity (Wildman–Crippen MR) is 94.3 cm³/mol. The first kappa shape index (κ1) is 18.3. The van der Waals surface area contributed by atoms with Gasteiger partial charge in [0.15, 0.2) is 0 Å². The van der Waals surface area contributed by atoms with E-state index < -0.39 is 10.0 Å². The largest absolute Gasteiger partial charge is 0.369 e.